The first kappa shape index (κ1) is 16.4. The van der Waals surface area contributed by atoms with Crippen molar-refractivity contribution in [2.24, 2.45) is 0 Å². The maximum Gasteiger partial charge on any atom is 0.243 e. The summed E-state index contributed by atoms with van der Waals surface area (Å²) in [6.07, 6.45) is 2.64. The first-order valence-electron chi connectivity index (χ1n) is 7.04. The minimum Gasteiger partial charge on any atom is -0.376 e. The predicted molar refractivity (Wildman–Crippen MR) is 76.5 cm³/mol. The minimum absolute atomic E-state index is 0.163. The third-order valence-electron chi connectivity index (χ3n) is 3.07. The molecule has 0 bridgehead atoms. The van der Waals surface area contributed by atoms with Gasteiger partial charge in [-0.25, -0.2) is 13.1 Å². The third-order valence-corrected chi connectivity index (χ3v) is 4.45. The molecule has 1 saturated heterocycles. The third kappa shape index (κ3) is 5.04. The summed E-state index contributed by atoms with van der Waals surface area (Å²) >= 11 is 0. The highest BCUT2D eigenvalue weighted by molar-refractivity contribution is 7.89. The van der Waals surface area contributed by atoms with Crippen molar-refractivity contribution < 1.29 is 17.9 Å². The van der Waals surface area contributed by atoms with E-state index in [2.05, 4.69) is 15.1 Å². The zero-order chi connectivity index (χ0) is 15.1. The van der Waals surface area contributed by atoms with Crippen LogP contribution in [0.3, 0.4) is 0 Å². The smallest absolute Gasteiger partial charge is 0.243 e. The Morgan fingerprint density at radius 3 is 3.05 bits per heavy atom. The maximum absolute atomic E-state index is 12.1. The summed E-state index contributed by atoms with van der Waals surface area (Å²) in [5.74, 6) is 0. The minimum atomic E-state index is -3.56. The normalized spacial score (nSPS) is 19.8. The van der Waals surface area contributed by atoms with Crippen LogP contribution in [0.5, 0.6) is 0 Å². The average molecular weight is 318 g/mol. The molecule has 1 aromatic heterocycles. The first-order valence-corrected chi connectivity index (χ1v) is 8.52. The van der Waals surface area contributed by atoms with Crippen molar-refractivity contribution in [1.82, 2.24) is 19.8 Å². The van der Waals surface area contributed by atoms with E-state index in [1.54, 1.807) is 4.68 Å². The number of likely N-dealkylation sites (N-methyl/N-ethyl adjacent to an activating group) is 1. The number of ether oxygens (including phenoxy) is 2. The van der Waals surface area contributed by atoms with Crippen LogP contribution in [-0.4, -0.2) is 63.8 Å². The van der Waals surface area contributed by atoms with E-state index in [0.717, 1.165) is 13.1 Å². The van der Waals surface area contributed by atoms with Crippen LogP contribution in [0, 0.1) is 0 Å². The van der Waals surface area contributed by atoms with Crippen molar-refractivity contribution in [2.45, 2.75) is 24.5 Å². The van der Waals surface area contributed by atoms with Gasteiger partial charge in [0.25, 0.3) is 0 Å². The molecule has 1 unspecified atom stereocenters. The number of hydrogen-bond donors (Lipinski definition) is 2. The van der Waals surface area contributed by atoms with Gasteiger partial charge < -0.3 is 14.8 Å². The van der Waals surface area contributed by atoms with E-state index >= 15 is 0 Å². The Labute approximate surface area is 124 Å². The van der Waals surface area contributed by atoms with Crippen LogP contribution >= 0.6 is 0 Å². The molecule has 0 amide bonds. The number of aromatic nitrogens is 2. The van der Waals surface area contributed by atoms with Gasteiger partial charge in [0.1, 0.15) is 4.90 Å². The second-order valence-corrected chi connectivity index (χ2v) is 6.48. The summed E-state index contributed by atoms with van der Waals surface area (Å²) in [5, 5.41) is 7.21. The molecular weight excluding hydrogens is 296 g/mol. The second-order valence-electron chi connectivity index (χ2n) is 4.71. The maximum atomic E-state index is 12.1. The van der Waals surface area contributed by atoms with Gasteiger partial charge in [-0.05, 0) is 6.54 Å². The van der Waals surface area contributed by atoms with Gasteiger partial charge in [0.2, 0.25) is 10.0 Å². The molecule has 0 saturated carbocycles. The SMILES string of the molecule is CCNCCn1cc(S(=O)(=O)NCC2COCCO2)cn1. The van der Waals surface area contributed by atoms with Gasteiger partial charge in [0, 0.05) is 19.3 Å². The molecule has 0 radical (unpaired) electrons. The lowest BCUT2D eigenvalue weighted by Crippen LogP contribution is -2.39. The molecule has 8 nitrogen and oxygen atoms in total. The molecule has 1 aromatic rings. The lowest BCUT2D eigenvalue weighted by Gasteiger charge is -2.22. The van der Waals surface area contributed by atoms with Gasteiger partial charge >= 0.3 is 0 Å². The molecular formula is C12H22N4O4S. The van der Waals surface area contributed by atoms with E-state index in [9.17, 15) is 8.42 Å². The zero-order valence-corrected chi connectivity index (χ0v) is 12.9. The molecule has 2 N–H and O–H groups in total. The lowest BCUT2D eigenvalue weighted by molar-refractivity contribution is -0.0846. The van der Waals surface area contributed by atoms with Crippen LogP contribution in [0.4, 0.5) is 0 Å². The number of nitrogens with one attached hydrogen (secondary N) is 2. The lowest BCUT2D eigenvalue weighted by atomic mass is 10.3. The monoisotopic (exact) mass is 318 g/mol. The standard InChI is InChI=1S/C12H22N4O4S/c1-2-13-3-4-16-9-12(8-14-16)21(17,18)15-7-11-10-19-5-6-20-11/h8-9,11,13,15H,2-7,10H2,1H3. The molecule has 0 spiro atoms. The van der Waals surface area contributed by atoms with E-state index in [1.165, 1.54) is 12.4 Å². The molecule has 1 atom stereocenters. The fourth-order valence-corrected chi connectivity index (χ4v) is 2.93. The summed E-state index contributed by atoms with van der Waals surface area (Å²) in [7, 11) is -3.56. The molecule has 2 rings (SSSR count). The highest BCUT2D eigenvalue weighted by Crippen LogP contribution is 2.08. The van der Waals surface area contributed by atoms with Gasteiger partial charge in [0.05, 0.1) is 38.7 Å². The first-order chi connectivity index (χ1) is 10.1. The number of nitrogens with zero attached hydrogens (tertiary/aromatic N) is 2. The molecule has 0 aromatic carbocycles. The van der Waals surface area contributed by atoms with Crippen molar-refractivity contribution in [3.63, 3.8) is 0 Å². The topological polar surface area (TPSA) is 94.5 Å². The highest BCUT2D eigenvalue weighted by Gasteiger charge is 2.20. The van der Waals surface area contributed by atoms with Crippen LogP contribution in [0.2, 0.25) is 0 Å². The number of sulfonamides is 1. The Balaban J connectivity index is 1.86. The molecule has 1 fully saturated rings. The molecule has 2 heterocycles. The van der Waals surface area contributed by atoms with Crippen LogP contribution in [0.15, 0.2) is 17.3 Å². The summed E-state index contributed by atoms with van der Waals surface area (Å²) in [6.45, 7) is 5.92. The van der Waals surface area contributed by atoms with Crippen molar-refractivity contribution in [3.05, 3.63) is 12.4 Å². The van der Waals surface area contributed by atoms with Crippen molar-refractivity contribution >= 4 is 10.0 Å². The zero-order valence-electron chi connectivity index (χ0n) is 12.1. The fraction of sp³-hybridized carbons (Fsp3) is 0.750. The molecule has 21 heavy (non-hydrogen) atoms. The molecule has 0 aliphatic carbocycles. The van der Waals surface area contributed by atoms with E-state index in [4.69, 9.17) is 9.47 Å². The summed E-state index contributed by atoms with van der Waals surface area (Å²) in [6, 6.07) is 0. The van der Waals surface area contributed by atoms with Crippen LogP contribution in [0.1, 0.15) is 6.92 Å². The van der Waals surface area contributed by atoms with Gasteiger partial charge in [-0.3, -0.25) is 4.68 Å². The van der Waals surface area contributed by atoms with E-state index in [-0.39, 0.29) is 17.5 Å². The van der Waals surface area contributed by atoms with Gasteiger partial charge in [0.15, 0.2) is 0 Å². The van der Waals surface area contributed by atoms with Crippen molar-refractivity contribution in [3.8, 4) is 0 Å². The van der Waals surface area contributed by atoms with Gasteiger partial charge in [-0.2, -0.15) is 5.10 Å². The van der Waals surface area contributed by atoms with Crippen molar-refractivity contribution in [2.75, 3.05) is 39.5 Å². The van der Waals surface area contributed by atoms with Crippen LogP contribution < -0.4 is 10.0 Å². The average Bonchev–Trinajstić information content (AvgIpc) is 2.96. The Bertz CT molecular complexity index is 525. The van der Waals surface area contributed by atoms with Crippen molar-refractivity contribution in [1.29, 1.82) is 0 Å². The van der Waals surface area contributed by atoms with Crippen LogP contribution in [-0.2, 0) is 26.0 Å². The van der Waals surface area contributed by atoms with Gasteiger partial charge in [-0.15, -0.1) is 0 Å². The predicted octanol–water partition coefficient (Wildman–Crippen LogP) is -0.814. The Hall–Kier alpha value is -1.00. The summed E-state index contributed by atoms with van der Waals surface area (Å²) in [4.78, 5) is 0.163. The van der Waals surface area contributed by atoms with E-state index in [1.807, 2.05) is 6.92 Å². The highest BCUT2D eigenvalue weighted by atomic mass is 32.2. The summed E-state index contributed by atoms with van der Waals surface area (Å²) < 4.78 is 39.0. The Morgan fingerprint density at radius 2 is 2.33 bits per heavy atom. The quantitative estimate of drug-likeness (QED) is 0.609. The van der Waals surface area contributed by atoms with E-state index in [0.29, 0.717) is 26.4 Å². The fourth-order valence-electron chi connectivity index (χ4n) is 1.92. The molecule has 9 heteroatoms. The number of hydrogen-bond acceptors (Lipinski definition) is 6. The molecule has 1 aliphatic rings. The second kappa shape index (κ2) is 7.85. The number of rotatable bonds is 8. The molecule has 1 aliphatic heterocycles. The Morgan fingerprint density at radius 1 is 1.48 bits per heavy atom. The van der Waals surface area contributed by atoms with E-state index < -0.39 is 10.0 Å². The Kier molecular flexibility index (Phi) is 6.12. The van der Waals surface area contributed by atoms with Gasteiger partial charge in [-0.1, -0.05) is 6.92 Å². The summed E-state index contributed by atoms with van der Waals surface area (Å²) in [5.41, 5.74) is 0. The molecule has 120 valence electrons. The largest absolute Gasteiger partial charge is 0.376 e. The van der Waals surface area contributed by atoms with Crippen LogP contribution in [0.25, 0.3) is 0 Å².